The van der Waals surface area contributed by atoms with Gasteiger partial charge in [0, 0.05) is 13.2 Å². The fraction of sp³-hybridized carbons (Fsp3) is 1.00. The van der Waals surface area contributed by atoms with Crippen LogP contribution in [0.1, 0.15) is 41.0 Å². The number of rotatable bonds is 7. The van der Waals surface area contributed by atoms with Crippen molar-refractivity contribution in [2.45, 2.75) is 46.6 Å². The molecule has 0 aliphatic rings. The average Bonchev–Trinajstić information content (AvgIpc) is 2.11. The summed E-state index contributed by atoms with van der Waals surface area (Å²) in [6.07, 6.45) is 1.06. The highest BCUT2D eigenvalue weighted by molar-refractivity contribution is 4.76. The predicted octanol–water partition coefficient (Wildman–Crippen LogP) is 2.44. The third-order valence-electron chi connectivity index (χ3n) is 2.26. The van der Waals surface area contributed by atoms with Gasteiger partial charge in [-0.05, 0) is 25.8 Å². The SMILES string of the molecule is CCNCC(C)(CC)OCC(C)C. The third kappa shape index (κ3) is 6.05. The summed E-state index contributed by atoms with van der Waals surface area (Å²) in [4.78, 5) is 0. The van der Waals surface area contributed by atoms with Gasteiger partial charge < -0.3 is 10.1 Å². The maximum atomic E-state index is 5.88. The molecule has 0 spiro atoms. The summed E-state index contributed by atoms with van der Waals surface area (Å²) in [7, 11) is 0. The maximum Gasteiger partial charge on any atom is 0.0775 e. The lowest BCUT2D eigenvalue weighted by Crippen LogP contribution is -2.40. The largest absolute Gasteiger partial charge is 0.374 e. The second-order valence-electron chi connectivity index (χ2n) is 4.29. The van der Waals surface area contributed by atoms with Crippen LogP contribution in [0.5, 0.6) is 0 Å². The van der Waals surface area contributed by atoms with Crippen LogP contribution in [0.3, 0.4) is 0 Å². The van der Waals surface area contributed by atoms with Gasteiger partial charge in [-0.3, -0.25) is 0 Å². The molecule has 13 heavy (non-hydrogen) atoms. The van der Waals surface area contributed by atoms with Gasteiger partial charge in [-0.25, -0.2) is 0 Å². The summed E-state index contributed by atoms with van der Waals surface area (Å²) in [5.41, 5.74) is 0.0142. The molecule has 0 aromatic heterocycles. The average molecular weight is 187 g/mol. The molecule has 1 unspecified atom stereocenters. The van der Waals surface area contributed by atoms with E-state index in [1.807, 2.05) is 0 Å². The normalized spacial score (nSPS) is 16.2. The quantitative estimate of drug-likeness (QED) is 0.661. The molecule has 0 rings (SSSR count). The Kier molecular flexibility index (Phi) is 6.35. The van der Waals surface area contributed by atoms with Crippen LogP contribution in [0.2, 0.25) is 0 Å². The Hall–Kier alpha value is -0.0800. The van der Waals surface area contributed by atoms with E-state index in [1.54, 1.807) is 0 Å². The van der Waals surface area contributed by atoms with E-state index in [4.69, 9.17) is 4.74 Å². The Balaban J connectivity index is 3.81. The fourth-order valence-electron chi connectivity index (χ4n) is 1.04. The Morgan fingerprint density at radius 2 is 1.92 bits per heavy atom. The molecule has 2 nitrogen and oxygen atoms in total. The molecule has 0 aliphatic heterocycles. The lowest BCUT2D eigenvalue weighted by atomic mass is 10.0. The molecule has 0 aromatic rings. The molecule has 0 aromatic carbocycles. The van der Waals surface area contributed by atoms with Crippen molar-refractivity contribution in [1.82, 2.24) is 5.32 Å². The number of hydrogen-bond donors (Lipinski definition) is 1. The van der Waals surface area contributed by atoms with Crippen LogP contribution in [0.15, 0.2) is 0 Å². The highest BCUT2D eigenvalue weighted by Crippen LogP contribution is 2.15. The van der Waals surface area contributed by atoms with Crippen LogP contribution >= 0.6 is 0 Å². The molecule has 0 aliphatic carbocycles. The van der Waals surface area contributed by atoms with Crippen molar-refractivity contribution in [3.63, 3.8) is 0 Å². The number of ether oxygens (including phenoxy) is 1. The molecule has 0 saturated carbocycles. The summed E-state index contributed by atoms with van der Waals surface area (Å²) in [6.45, 7) is 13.7. The molecular weight excluding hydrogens is 162 g/mol. The highest BCUT2D eigenvalue weighted by atomic mass is 16.5. The Labute approximate surface area is 83.1 Å². The van der Waals surface area contributed by atoms with E-state index >= 15 is 0 Å². The molecule has 0 radical (unpaired) electrons. The summed E-state index contributed by atoms with van der Waals surface area (Å²) in [6, 6.07) is 0. The van der Waals surface area contributed by atoms with Crippen LogP contribution in [0, 0.1) is 5.92 Å². The van der Waals surface area contributed by atoms with E-state index in [0.717, 1.165) is 26.1 Å². The first-order valence-electron chi connectivity index (χ1n) is 5.38. The van der Waals surface area contributed by atoms with Crippen molar-refractivity contribution in [3.8, 4) is 0 Å². The second-order valence-corrected chi connectivity index (χ2v) is 4.29. The molecule has 0 bridgehead atoms. The van der Waals surface area contributed by atoms with Crippen molar-refractivity contribution >= 4 is 0 Å². The zero-order valence-electron chi connectivity index (χ0n) is 9.81. The van der Waals surface area contributed by atoms with E-state index in [2.05, 4.69) is 39.9 Å². The Morgan fingerprint density at radius 1 is 1.31 bits per heavy atom. The first-order chi connectivity index (χ1) is 6.04. The first kappa shape index (κ1) is 12.9. The van der Waals surface area contributed by atoms with Crippen LogP contribution in [0.25, 0.3) is 0 Å². The van der Waals surface area contributed by atoms with Gasteiger partial charge in [0.25, 0.3) is 0 Å². The van der Waals surface area contributed by atoms with Crippen LogP contribution in [-0.2, 0) is 4.74 Å². The topological polar surface area (TPSA) is 21.3 Å². The summed E-state index contributed by atoms with van der Waals surface area (Å²) < 4.78 is 5.88. The van der Waals surface area contributed by atoms with Gasteiger partial charge in [-0.2, -0.15) is 0 Å². The van der Waals surface area contributed by atoms with Crippen molar-refractivity contribution in [3.05, 3.63) is 0 Å². The van der Waals surface area contributed by atoms with E-state index in [1.165, 1.54) is 0 Å². The Bertz CT molecular complexity index is 125. The minimum Gasteiger partial charge on any atom is -0.374 e. The lowest BCUT2D eigenvalue weighted by molar-refractivity contribution is -0.0447. The zero-order valence-corrected chi connectivity index (χ0v) is 9.81. The molecule has 0 amide bonds. The van der Waals surface area contributed by atoms with Gasteiger partial charge in [-0.1, -0.05) is 27.7 Å². The maximum absolute atomic E-state index is 5.88. The lowest BCUT2D eigenvalue weighted by Gasteiger charge is -2.29. The molecule has 1 atom stereocenters. The molecular formula is C11H25NO. The van der Waals surface area contributed by atoms with Crippen LogP contribution in [-0.4, -0.2) is 25.3 Å². The third-order valence-corrected chi connectivity index (χ3v) is 2.26. The predicted molar refractivity (Wildman–Crippen MR) is 58.0 cm³/mol. The standard InChI is InChI=1S/C11H25NO/c1-6-11(5,9-12-7-2)13-8-10(3)4/h10,12H,6-9H2,1-5H3. The van der Waals surface area contributed by atoms with Crippen molar-refractivity contribution in [1.29, 1.82) is 0 Å². The fourth-order valence-corrected chi connectivity index (χ4v) is 1.04. The molecule has 80 valence electrons. The minimum absolute atomic E-state index is 0.0142. The van der Waals surface area contributed by atoms with Crippen LogP contribution in [0.4, 0.5) is 0 Å². The van der Waals surface area contributed by atoms with Gasteiger partial charge in [0.15, 0.2) is 0 Å². The molecule has 0 heterocycles. The monoisotopic (exact) mass is 187 g/mol. The molecule has 1 N–H and O–H groups in total. The Morgan fingerprint density at radius 3 is 2.31 bits per heavy atom. The van der Waals surface area contributed by atoms with E-state index in [0.29, 0.717) is 5.92 Å². The highest BCUT2D eigenvalue weighted by Gasteiger charge is 2.22. The summed E-state index contributed by atoms with van der Waals surface area (Å²) in [5, 5.41) is 3.34. The van der Waals surface area contributed by atoms with Gasteiger partial charge in [-0.15, -0.1) is 0 Å². The van der Waals surface area contributed by atoms with Crippen molar-refractivity contribution < 1.29 is 4.74 Å². The molecule has 0 saturated heterocycles. The first-order valence-corrected chi connectivity index (χ1v) is 5.38. The summed E-state index contributed by atoms with van der Waals surface area (Å²) in [5.74, 6) is 0.618. The van der Waals surface area contributed by atoms with E-state index < -0.39 is 0 Å². The van der Waals surface area contributed by atoms with Gasteiger partial charge in [0.1, 0.15) is 0 Å². The smallest absolute Gasteiger partial charge is 0.0775 e. The summed E-state index contributed by atoms with van der Waals surface area (Å²) >= 11 is 0. The second kappa shape index (κ2) is 6.39. The molecule has 2 heteroatoms. The van der Waals surface area contributed by atoms with Crippen molar-refractivity contribution in [2.24, 2.45) is 5.92 Å². The van der Waals surface area contributed by atoms with E-state index in [9.17, 15) is 0 Å². The van der Waals surface area contributed by atoms with Gasteiger partial charge in [0.2, 0.25) is 0 Å². The van der Waals surface area contributed by atoms with E-state index in [-0.39, 0.29) is 5.60 Å². The van der Waals surface area contributed by atoms with Crippen molar-refractivity contribution in [2.75, 3.05) is 19.7 Å². The number of likely N-dealkylation sites (N-methyl/N-ethyl adjacent to an activating group) is 1. The van der Waals surface area contributed by atoms with Gasteiger partial charge in [0.05, 0.1) is 5.60 Å². The minimum atomic E-state index is 0.0142. The van der Waals surface area contributed by atoms with Crippen LogP contribution < -0.4 is 5.32 Å². The van der Waals surface area contributed by atoms with Gasteiger partial charge >= 0.3 is 0 Å². The number of hydrogen-bond acceptors (Lipinski definition) is 2. The molecule has 0 fully saturated rings. The zero-order chi connectivity index (χ0) is 10.3. The number of nitrogens with one attached hydrogen (secondary N) is 1.